The number of hydrogen-bond donors (Lipinski definition) is 0. The fourth-order valence-electron chi connectivity index (χ4n) is 3.01. The second-order valence-corrected chi connectivity index (χ2v) is 6.15. The smallest absolute Gasteiger partial charge is 0.160 e. The van der Waals surface area contributed by atoms with Gasteiger partial charge in [-0.2, -0.15) is 0 Å². The number of alkyl halides is 1. The Morgan fingerprint density at radius 2 is 2.32 bits per heavy atom. The van der Waals surface area contributed by atoms with E-state index in [0.29, 0.717) is 12.5 Å². The summed E-state index contributed by atoms with van der Waals surface area (Å²) in [5.74, 6) is 1.55. The minimum absolute atomic E-state index is 0.267. The standard InChI is InChI=1S/C15H23BrN2O/c1-4-19-15(7-5-6-11(2)8-15)14-17-10-12(3)13(9-16)18-14/h10-11H,4-9H2,1-3H3. The maximum absolute atomic E-state index is 6.13. The zero-order valence-corrected chi connectivity index (χ0v) is 13.7. The van der Waals surface area contributed by atoms with Crippen LogP contribution in [0.15, 0.2) is 6.20 Å². The number of hydrogen-bond acceptors (Lipinski definition) is 3. The van der Waals surface area contributed by atoms with Crippen LogP contribution >= 0.6 is 15.9 Å². The third kappa shape index (κ3) is 3.16. The first-order valence-electron chi connectivity index (χ1n) is 7.14. The fraction of sp³-hybridized carbons (Fsp3) is 0.733. The van der Waals surface area contributed by atoms with Crippen molar-refractivity contribution in [1.29, 1.82) is 0 Å². The van der Waals surface area contributed by atoms with Gasteiger partial charge >= 0.3 is 0 Å². The van der Waals surface area contributed by atoms with Crippen molar-refractivity contribution in [3.05, 3.63) is 23.3 Å². The van der Waals surface area contributed by atoms with Crippen LogP contribution in [0.1, 0.15) is 56.6 Å². The predicted octanol–water partition coefficient (Wildman–Crippen LogP) is 4.12. The van der Waals surface area contributed by atoms with Crippen LogP contribution in [-0.2, 0) is 15.7 Å². The lowest BCUT2D eigenvalue weighted by atomic mass is 9.78. The molecule has 0 spiro atoms. The lowest BCUT2D eigenvalue weighted by Gasteiger charge is -2.38. The van der Waals surface area contributed by atoms with Crippen molar-refractivity contribution in [2.24, 2.45) is 5.92 Å². The molecule has 3 nitrogen and oxygen atoms in total. The highest BCUT2D eigenvalue weighted by atomic mass is 79.9. The Labute approximate surface area is 124 Å². The highest BCUT2D eigenvalue weighted by Gasteiger charge is 2.40. The highest BCUT2D eigenvalue weighted by molar-refractivity contribution is 9.08. The average molecular weight is 327 g/mol. The van der Waals surface area contributed by atoms with Gasteiger partial charge in [0.1, 0.15) is 5.60 Å². The number of rotatable bonds is 4. The molecule has 106 valence electrons. The van der Waals surface area contributed by atoms with Crippen molar-refractivity contribution >= 4 is 15.9 Å². The molecule has 19 heavy (non-hydrogen) atoms. The van der Waals surface area contributed by atoms with Crippen LogP contribution in [0.5, 0.6) is 0 Å². The van der Waals surface area contributed by atoms with E-state index in [1.54, 1.807) is 0 Å². The van der Waals surface area contributed by atoms with Crippen molar-refractivity contribution in [2.75, 3.05) is 6.61 Å². The van der Waals surface area contributed by atoms with Crippen molar-refractivity contribution < 1.29 is 4.74 Å². The number of aryl methyl sites for hydroxylation is 1. The molecule has 1 aliphatic rings. The number of nitrogens with zero attached hydrogens (tertiary/aromatic N) is 2. The minimum atomic E-state index is -0.267. The molecule has 1 aromatic rings. The number of halogens is 1. The predicted molar refractivity (Wildman–Crippen MR) is 80.3 cm³/mol. The third-order valence-corrected chi connectivity index (χ3v) is 4.52. The van der Waals surface area contributed by atoms with Gasteiger partial charge in [0.05, 0.1) is 5.69 Å². The Morgan fingerprint density at radius 3 is 2.95 bits per heavy atom. The van der Waals surface area contributed by atoms with Crippen molar-refractivity contribution in [3.8, 4) is 0 Å². The van der Waals surface area contributed by atoms with Gasteiger partial charge in [0.15, 0.2) is 5.82 Å². The monoisotopic (exact) mass is 326 g/mol. The first kappa shape index (κ1) is 14.9. The molecule has 2 rings (SSSR count). The van der Waals surface area contributed by atoms with E-state index in [-0.39, 0.29) is 5.60 Å². The topological polar surface area (TPSA) is 35.0 Å². The van der Waals surface area contributed by atoms with Crippen LogP contribution in [0.3, 0.4) is 0 Å². The molecule has 1 heterocycles. The average Bonchev–Trinajstić information content (AvgIpc) is 2.39. The Bertz CT molecular complexity index is 434. The number of ether oxygens (including phenoxy) is 1. The van der Waals surface area contributed by atoms with Crippen LogP contribution < -0.4 is 0 Å². The van der Waals surface area contributed by atoms with Crippen LogP contribution in [0.2, 0.25) is 0 Å². The molecule has 0 radical (unpaired) electrons. The largest absolute Gasteiger partial charge is 0.367 e. The molecule has 1 aliphatic carbocycles. The van der Waals surface area contributed by atoms with Gasteiger partial charge in [-0.25, -0.2) is 9.97 Å². The van der Waals surface area contributed by atoms with Crippen molar-refractivity contribution in [2.45, 2.75) is 57.4 Å². The maximum Gasteiger partial charge on any atom is 0.160 e. The van der Waals surface area contributed by atoms with E-state index in [2.05, 4.69) is 41.7 Å². The molecule has 1 saturated carbocycles. The van der Waals surface area contributed by atoms with Crippen LogP contribution in [0.25, 0.3) is 0 Å². The zero-order chi connectivity index (χ0) is 13.9. The highest BCUT2D eigenvalue weighted by Crippen LogP contribution is 2.41. The summed E-state index contributed by atoms with van der Waals surface area (Å²) in [6.07, 6.45) is 6.48. The van der Waals surface area contributed by atoms with Crippen LogP contribution in [-0.4, -0.2) is 16.6 Å². The second-order valence-electron chi connectivity index (χ2n) is 5.59. The summed E-state index contributed by atoms with van der Waals surface area (Å²) in [6.45, 7) is 7.12. The zero-order valence-electron chi connectivity index (χ0n) is 12.1. The van der Waals surface area contributed by atoms with E-state index < -0.39 is 0 Å². The van der Waals surface area contributed by atoms with Crippen LogP contribution in [0.4, 0.5) is 0 Å². The van der Waals surface area contributed by atoms with E-state index in [9.17, 15) is 0 Å². The van der Waals surface area contributed by atoms with Gasteiger partial charge in [-0.3, -0.25) is 0 Å². The summed E-state index contributed by atoms with van der Waals surface area (Å²) in [5.41, 5.74) is 1.94. The SMILES string of the molecule is CCOC1(c2ncc(C)c(CBr)n2)CCCC(C)C1. The van der Waals surface area contributed by atoms with Crippen LogP contribution in [0, 0.1) is 12.8 Å². The Morgan fingerprint density at radius 1 is 1.53 bits per heavy atom. The van der Waals surface area contributed by atoms with E-state index in [0.717, 1.165) is 35.3 Å². The van der Waals surface area contributed by atoms with Gasteiger partial charge in [-0.15, -0.1) is 0 Å². The Hall–Kier alpha value is -0.480. The molecule has 0 amide bonds. The van der Waals surface area contributed by atoms with Gasteiger partial charge in [-0.1, -0.05) is 29.3 Å². The summed E-state index contributed by atoms with van der Waals surface area (Å²) >= 11 is 3.50. The fourth-order valence-corrected chi connectivity index (χ4v) is 3.58. The van der Waals surface area contributed by atoms with Gasteiger partial charge in [0.25, 0.3) is 0 Å². The first-order valence-corrected chi connectivity index (χ1v) is 8.26. The first-order chi connectivity index (χ1) is 9.11. The maximum atomic E-state index is 6.13. The number of aromatic nitrogens is 2. The lowest BCUT2D eigenvalue weighted by molar-refractivity contribution is -0.0882. The van der Waals surface area contributed by atoms with E-state index >= 15 is 0 Å². The molecule has 0 bridgehead atoms. The summed E-state index contributed by atoms with van der Waals surface area (Å²) in [7, 11) is 0. The van der Waals surface area contributed by atoms with Gasteiger partial charge in [-0.05, 0) is 44.6 Å². The molecular weight excluding hydrogens is 304 g/mol. The van der Waals surface area contributed by atoms with Gasteiger partial charge in [0, 0.05) is 18.1 Å². The molecular formula is C15H23BrN2O. The summed E-state index contributed by atoms with van der Waals surface area (Å²) < 4.78 is 6.13. The normalized spacial score (nSPS) is 27.5. The molecule has 1 fully saturated rings. The van der Waals surface area contributed by atoms with Gasteiger partial charge in [0.2, 0.25) is 0 Å². The molecule has 2 unspecified atom stereocenters. The van der Waals surface area contributed by atoms with E-state index in [1.807, 2.05) is 6.20 Å². The minimum Gasteiger partial charge on any atom is -0.367 e. The molecule has 1 aromatic heterocycles. The quantitative estimate of drug-likeness (QED) is 0.780. The Kier molecular flexibility index (Phi) is 4.96. The molecule has 2 atom stereocenters. The molecule has 0 aromatic carbocycles. The molecule has 0 N–H and O–H groups in total. The lowest BCUT2D eigenvalue weighted by Crippen LogP contribution is -2.37. The van der Waals surface area contributed by atoms with Gasteiger partial charge < -0.3 is 4.74 Å². The third-order valence-electron chi connectivity index (χ3n) is 3.99. The Balaban J connectivity index is 2.37. The summed E-state index contributed by atoms with van der Waals surface area (Å²) in [6, 6.07) is 0. The van der Waals surface area contributed by atoms with E-state index in [4.69, 9.17) is 9.72 Å². The van der Waals surface area contributed by atoms with E-state index in [1.165, 1.54) is 12.8 Å². The van der Waals surface area contributed by atoms with Crippen molar-refractivity contribution in [3.63, 3.8) is 0 Å². The molecule has 0 saturated heterocycles. The summed E-state index contributed by atoms with van der Waals surface area (Å²) in [5, 5.41) is 0.770. The van der Waals surface area contributed by atoms with Crippen molar-refractivity contribution in [1.82, 2.24) is 9.97 Å². The second kappa shape index (κ2) is 6.31. The summed E-state index contributed by atoms with van der Waals surface area (Å²) in [4.78, 5) is 9.34. The molecule has 0 aliphatic heterocycles. The molecule has 4 heteroatoms.